The second-order valence-electron chi connectivity index (χ2n) is 7.73. The first-order valence-corrected chi connectivity index (χ1v) is 10.3. The van der Waals surface area contributed by atoms with Gasteiger partial charge in [0.05, 0.1) is 12.2 Å². The van der Waals surface area contributed by atoms with Gasteiger partial charge in [-0.1, -0.05) is 6.92 Å². The van der Waals surface area contributed by atoms with Crippen LogP contribution in [0.2, 0.25) is 0 Å². The Morgan fingerprint density at radius 3 is 2.09 bits per heavy atom. The Morgan fingerprint density at radius 1 is 1.09 bits per heavy atom. The van der Waals surface area contributed by atoms with Crippen LogP contribution in [0, 0.1) is 0 Å². The van der Waals surface area contributed by atoms with E-state index in [0.717, 1.165) is 13.0 Å². The number of aliphatic carboxylic acids is 1. The average Bonchev–Trinajstić information content (AvgIpc) is 3.05. The van der Waals surface area contributed by atoms with Crippen LogP contribution in [-0.4, -0.2) is 66.6 Å². The summed E-state index contributed by atoms with van der Waals surface area (Å²) in [6, 6.07) is 0. The summed E-state index contributed by atoms with van der Waals surface area (Å²) in [6.45, 7) is 11.2. The minimum absolute atomic E-state index is 0.273. The van der Waals surface area contributed by atoms with E-state index in [2.05, 4.69) is 10.3 Å². The van der Waals surface area contributed by atoms with E-state index in [1.165, 1.54) is 0 Å². The molecule has 0 saturated carbocycles. The summed E-state index contributed by atoms with van der Waals surface area (Å²) in [5, 5.41) is 10.4. The number of hydrogen-bond donors (Lipinski definition) is 3. The van der Waals surface area contributed by atoms with Crippen molar-refractivity contribution in [2.75, 3.05) is 26.9 Å². The Morgan fingerprint density at radius 2 is 1.67 bits per heavy atom. The van der Waals surface area contributed by atoms with Gasteiger partial charge < -0.3 is 29.6 Å². The Bertz CT molecular complexity index is 784. The van der Waals surface area contributed by atoms with Gasteiger partial charge in [-0.3, -0.25) is 0 Å². The first-order valence-electron chi connectivity index (χ1n) is 10.3. The van der Waals surface area contributed by atoms with Gasteiger partial charge in [0.25, 0.3) is 0 Å². The molecule has 0 bridgehead atoms. The second kappa shape index (κ2) is 13.8. The third kappa shape index (κ3) is 11.2. The number of aromatic amines is 1. The average molecular weight is 482 g/mol. The molecule has 1 rings (SSSR count). The third-order valence-electron chi connectivity index (χ3n) is 3.86. The number of hydrogen-bond acceptors (Lipinski definition) is 7. The zero-order chi connectivity index (χ0) is 25.8. The first kappa shape index (κ1) is 30.4. The summed E-state index contributed by atoms with van der Waals surface area (Å²) in [5.41, 5.74) is 1.40. The summed E-state index contributed by atoms with van der Waals surface area (Å²) >= 11 is 0. The molecule has 0 spiro atoms. The lowest BCUT2D eigenvalue weighted by Crippen LogP contribution is -2.24. The van der Waals surface area contributed by atoms with Crippen molar-refractivity contribution in [3.63, 3.8) is 0 Å². The van der Waals surface area contributed by atoms with Crippen molar-refractivity contribution >= 4 is 17.9 Å². The summed E-state index contributed by atoms with van der Waals surface area (Å²) in [7, 11) is 1.66. The number of methoxy groups -OCH3 is 1. The van der Waals surface area contributed by atoms with E-state index in [-0.39, 0.29) is 6.61 Å². The number of aromatic nitrogens is 1. The number of carboxylic acids is 1. The molecule has 0 aliphatic rings. The number of alkyl halides is 3. The van der Waals surface area contributed by atoms with Crippen LogP contribution in [0.1, 0.15) is 73.1 Å². The zero-order valence-corrected chi connectivity index (χ0v) is 19.8. The number of carbonyl (C=O) groups is 3. The largest absolute Gasteiger partial charge is 0.490 e. The van der Waals surface area contributed by atoms with Crippen molar-refractivity contribution in [1.29, 1.82) is 0 Å². The normalized spacial score (nSPS) is 11.4. The van der Waals surface area contributed by atoms with Crippen molar-refractivity contribution in [1.82, 2.24) is 10.3 Å². The van der Waals surface area contributed by atoms with E-state index in [1.807, 2.05) is 27.7 Å². The predicted octanol–water partition coefficient (Wildman–Crippen LogP) is 3.47. The fourth-order valence-corrected chi connectivity index (χ4v) is 2.59. The van der Waals surface area contributed by atoms with E-state index >= 15 is 0 Å². The highest BCUT2D eigenvalue weighted by Crippen LogP contribution is 2.24. The molecule has 1 aromatic heterocycles. The molecular formula is C21H33F3N2O7. The summed E-state index contributed by atoms with van der Waals surface area (Å²) in [5.74, 6) is -3.65. The van der Waals surface area contributed by atoms with Crippen molar-refractivity contribution in [2.45, 2.75) is 65.8 Å². The molecule has 0 unspecified atom stereocenters. The standard InChI is InChI=1S/C19H32N2O5.C2HF3O2/c1-7-13-15(17(22)25-8-2)14(12-20-10-9-11-24-6)21-16(13)18(23)26-19(3,4)5;3-2(4,5)1(6)7/h20-21H,7-12H2,1-6H3;(H,6,7). The van der Waals surface area contributed by atoms with Gasteiger partial charge in [-0.25, -0.2) is 14.4 Å². The maximum absolute atomic E-state index is 12.6. The minimum Gasteiger partial charge on any atom is -0.475 e. The van der Waals surface area contributed by atoms with Gasteiger partial charge in [-0.2, -0.15) is 13.2 Å². The fourth-order valence-electron chi connectivity index (χ4n) is 2.59. The SMILES string of the molecule is CCOC(=O)c1c(CNCCCOC)[nH]c(C(=O)OC(C)(C)C)c1CC.O=C(O)C(F)(F)F. The number of ether oxygens (including phenoxy) is 3. The lowest BCUT2D eigenvalue weighted by molar-refractivity contribution is -0.192. The monoisotopic (exact) mass is 482 g/mol. The molecule has 0 aliphatic carbocycles. The topological polar surface area (TPSA) is 127 Å². The molecule has 0 aromatic carbocycles. The molecule has 3 N–H and O–H groups in total. The van der Waals surface area contributed by atoms with Crippen LogP contribution in [0.4, 0.5) is 13.2 Å². The smallest absolute Gasteiger partial charge is 0.475 e. The van der Waals surface area contributed by atoms with Crippen LogP contribution < -0.4 is 5.32 Å². The van der Waals surface area contributed by atoms with Gasteiger partial charge in [0.1, 0.15) is 11.3 Å². The van der Waals surface area contributed by atoms with E-state index in [1.54, 1.807) is 14.0 Å². The summed E-state index contributed by atoms with van der Waals surface area (Å²) in [4.78, 5) is 37.0. The molecule has 9 nitrogen and oxygen atoms in total. The molecule has 190 valence electrons. The number of esters is 2. The lowest BCUT2D eigenvalue weighted by Gasteiger charge is -2.19. The number of halogens is 3. The van der Waals surface area contributed by atoms with Crippen LogP contribution >= 0.6 is 0 Å². The van der Waals surface area contributed by atoms with E-state index in [4.69, 9.17) is 24.1 Å². The van der Waals surface area contributed by atoms with Crippen molar-refractivity contribution in [3.05, 3.63) is 22.5 Å². The number of nitrogens with one attached hydrogen (secondary N) is 2. The van der Waals surface area contributed by atoms with Crippen molar-refractivity contribution < 1.29 is 46.9 Å². The Kier molecular flexibility index (Phi) is 12.7. The van der Waals surface area contributed by atoms with Crippen molar-refractivity contribution in [3.8, 4) is 0 Å². The minimum atomic E-state index is -5.08. The van der Waals surface area contributed by atoms with Crippen molar-refractivity contribution in [2.24, 2.45) is 0 Å². The molecule has 0 amide bonds. The number of rotatable bonds is 10. The molecule has 0 fully saturated rings. The fraction of sp³-hybridized carbons (Fsp3) is 0.667. The first-order chi connectivity index (χ1) is 15.2. The Balaban J connectivity index is 0.00000126. The van der Waals surface area contributed by atoms with Gasteiger partial charge in [0.15, 0.2) is 0 Å². The van der Waals surface area contributed by atoms with Gasteiger partial charge in [0, 0.05) is 26.0 Å². The van der Waals surface area contributed by atoms with Gasteiger partial charge in [-0.15, -0.1) is 0 Å². The Labute approximate surface area is 191 Å². The van der Waals surface area contributed by atoms with Crippen LogP contribution in [0.15, 0.2) is 0 Å². The number of carbonyl (C=O) groups excluding carboxylic acids is 2. The molecule has 0 saturated heterocycles. The quantitative estimate of drug-likeness (QED) is 0.342. The summed E-state index contributed by atoms with van der Waals surface area (Å²) in [6.07, 6.45) is -3.71. The number of carboxylic acid groups (broad SMARTS) is 1. The molecule has 12 heteroatoms. The van der Waals surface area contributed by atoms with Gasteiger partial charge >= 0.3 is 24.1 Å². The zero-order valence-electron chi connectivity index (χ0n) is 19.8. The molecule has 0 atom stereocenters. The highest BCUT2D eigenvalue weighted by molar-refractivity contribution is 5.99. The lowest BCUT2D eigenvalue weighted by atomic mass is 10.1. The van der Waals surface area contributed by atoms with E-state index in [0.29, 0.717) is 42.1 Å². The van der Waals surface area contributed by atoms with Crippen LogP contribution in [0.3, 0.4) is 0 Å². The predicted molar refractivity (Wildman–Crippen MR) is 113 cm³/mol. The van der Waals surface area contributed by atoms with E-state index < -0.39 is 29.7 Å². The third-order valence-corrected chi connectivity index (χ3v) is 3.86. The molecule has 1 aromatic rings. The maximum atomic E-state index is 12.6. The molecule has 0 aliphatic heterocycles. The highest BCUT2D eigenvalue weighted by atomic mass is 19.4. The second-order valence-corrected chi connectivity index (χ2v) is 7.73. The molecule has 33 heavy (non-hydrogen) atoms. The van der Waals surface area contributed by atoms with Gasteiger partial charge in [0.2, 0.25) is 0 Å². The van der Waals surface area contributed by atoms with Crippen LogP contribution in [0.5, 0.6) is 0 Å². The molecule has 0 radical (unpaired) electrons. The van der Waals surface area contributed by atoms with Crippen LogP contribution in [-0.2, 0) is 32.0 Å². The summed E-state index contributed by atoms with van der Waals surface area (Å²) < 4.78 is 47.4. The van der Waals surface area contributed by atoms with Gasteiger partial charge in [-0.05, 0) is 52.6 Å². The van der Waals surface area contributed by atoms with Crippen LogP contribution in [0.25, 0.3) is 0 Å². The molecule has 1 heterocycles. The highest BCUT2D eigenvalue weighted by Gasteiger charge is 2.38. The maximum Gasteiger partial charge on any atom is 0.490 e. The number of H-pyrrole nitrogens is 1. The Hall–Kier alpha value is -2.60. The van der Waals surface area contributed by atoms with E-state index in [9.17, 15) is 22.8 Å². The molecular weight excluding hydrogens is 449 g/mol.